The number of carbonyl (C=O) groups is 2. The van der Waals surface area contributed by atoms with Gasteiger partial charge < -0.3 is 5.11 Å². The van der Waals surface area contributed by atoms with Gasteiger partial charge in [-0.1, -0.05) is 64.0 Å². The second-order valence-electron chi connectivity index (χ2n) is 7.44. The van der Waals surface area contributed by atoms with Crippen molar-refractivity contribution in [2.75, 3.05) is 0 Å². The van der Waals surface area contributed by atoms with Crippen molar-refractivity contribution in [1.29, 1.82) is 0 Å². The molecule has 0 fully saturated rings. The summed E-state index contributed by atoms with van der Waals surface area (Å²) in [5.41, 5.74) is 2.30. The van der Waals surface area contributed by atoms with E-state index in [0.717, 1.165) is 24.0 Å². The van der Waals surface area contributed by atoms with E-state index in [-0.39, 0.29) is 23.7 Å². The van der Waals surface area contributed by atoms with E-state index in [1.807, 2.05) is 39.8 Å². The maximum absolute atomic E-state index is 12.9. The zero-order valence-corrected chi connectivity index (χ0v) is 18.6. The van der Waals surface area contributed by atoms with Crippen LogP contribution in [0.3, 0.4) is 0 Å². The van der Waals surface area contributed by atoms with Crippen LogP contribution in [0.25, 0.3) is 0 Å². The summed E-state index contributed by atoms with van der Waals surface area (Å²) in [7, 11) is 0. The molecule has 0 rings (SSSR count). The van der Waals surface area contributed by atoms with Crippen molar-refractivity contribution in [2.24, 2.45) is 11.8 Å². The Morgan fingerprint density at radius 2 is 1.69 bits per heavy atom. The first-order valence-electron chi connectivity index (χ1n) is 10.4. The third-order valence-electron chi connectivity index (χ3n) is 5.16. The molecule has 29 heavy (non-hydrogen) atoms. The van der Waals surface area contributed by atoms with Crippen LogP contribution in [0.5, 0.6) is 0 Å². The number of hydrogen-bond acceptors (Lipinski definition) is 2. The largest absolute Gasteiger partial charge is 0.481 e. The zero-order chi connectivity index (χ0) is 22.6. The van der Waals surface area contributed by atoms with Crippen molar-refractivity contribution in [3.63, 3.8) is 0 Å². The minimum Gasteiger partial charge on any atom is -0.481 e. The number of carboxylic acids is 1. The van der Waals surface area contributed by atoms with Gasteiger partial charge in [-0.15, -0.1) is 0 Å². The van der Waals surface area contributed by atoms with Gasteiger partial charge in [0.2, 0.25) is 0 Å². The molecule has 0 aliphatic carbocycles. The topological polar surface area (TPSA) is 54.4 Å². The Hall–Kier alpha value is -2.04. The lowest BCUT2D eigenvalue weighted by atomic mass is 9.83. The lowest BCUT2D eigenvalue weighted by Crippen LogP contribution is -2.29. The molecular formula is C24H36F2O3. The van der Waals surface area contributed by atoms with Crippen LogP contribution in [0.15, 0.2) is 46.6 Å². The van der Waals surface area contributed by atoms with Crippen LogP contribution < -0.4 is 0 Å². The SMILES string of the molecule is CCC/C=C/C(=C\C=C(/C)C(F)F)C(/CC(C(=O)O)C(=O)C(C)CC)=C(/C)CC. The van der Waals surface area contributed by atoms with Gasteiger partial charge in [0, 0.05) is 5.92 Å². The molecule has 0 aromatic heterocycles. The number of rotatable bonds is 13. The van der Waals surface area contributed by atoms with Crippen LogP contribution in [-0.4, -0.2) is 23.3 Å². The van der Waals surface area contributed by atoms with Crippen molar-refractivity contribution in [1.82, 2.24) is 0 Å². The Morgan fingerprint density at radius 1 is 1.07 bits per heavy atom. The molecule has 0 saturated heterocycles. The lowest BCUT2D eigenvalue weighted by Gasteiger charge is -2.20. The Morgan fingerprint density at radius 3 is 2.14 bits per heavy atom. The number of halogens is 2. The van der Waals surface area contributed by atoms with Crippen LogP contribution in [-0.2, 0) is 9.59 Å². The maximum atomic E-state index is 12.9. The number of ketones is 1. The predicted octanol–water partition coefficient (Wildman–Crippen LogP) is 6.91. The molecule has 0 spiro atoms. The number of carbonyl (C=O) groups excluding carboxylic acids is 1. The Bertz CT molecular complexity index is 670. The summed E-state index contributed by atoms with van der Waals surface area (Å²) in [6.07, 6.45) is 7.28. The molecular weight excluding hydrogens is 374 g/mol. The van der Waals surface area contributed by atoms with E-state index in [0.29, 0.717) is 18.4 Å². The van der Waals surface area contributed by atoms with Gasteiger partial charge in [-0.05, 0) is 56.3 Å². The first kappa shape index (κ1) is 27.0. The summed E-state index contributed by atoms with van der Waals surface area (Å²) in [6, 6.07) is 0. The van der Waals surface area contributed by atoms with Crippen molar-refractivity contribution < 1.29 is 23.5 Å². The molecule has 5 heteroatoms. The Balaban J connectivity index is 6.28. The average Bonchev–Trinajstić information content (AvgIpc) is 2.69. The molecule has 0 aromatic carbocycles. The highest BCUT2D eigenvalue weighted by Gasteiger charge is 2.31. The van der Waals surface area contributed by atoms with E-state index >= 15 is 0 Å². The van der Waals surface area contributed by atoms with Crippen LogP contribution in [0.4, 0.5) is 8.78 Å². The monoisotopic (exact) mass is 410 g/mol. The summed E-state index contributed by atoms with van der Waals surface area (Å²) in [5, 5.41) is 9.69. The zero-order valence-electron chi connectivity index (χ0n) is 18.6. The quantitative estimate of drug-likeness (QED) is 0.265. The summed E-state index contributed by atoms with van der Waals surface area (Å²) in [6.45, 7) is 10.8. The molecule has 0 heterocycles. The minimum absolute atomic E-state index is 0.0576. The van der Waals surface area contributed by atoms with Crippen LogP contribution in [0.1, 0.15) is 73.6 Å². The minimum atomic E-state index is -2.55. The van der Waals surface area contributed by atoms with Gasteiger partial charge in [0.05, 0.1) is 0 Å². The molecule has 1 N–H and O–H groups in total. The third kappa shape index (κ3) is 9.33. The lowest BCUT2D eigenvalue weighted by molar-refractivity contribution is -0.147. The predicted molar refractivity (Wildman–Crippen MR) is 115 cm³/mol. The van der Waals surface area contributed by atoms with E-state index in [1.54, 1.807) is 13.0 Å². The van der Waals surface area contributed by atoms with E-state index in [4.69, 9.17) is 0 Å². The van der Waals surface area contributed by atoms with Gasteiger partial charge >= 0.3 is 5.97 Å². The number of hydrogen-bond donors (Lipinski definition) is 1. The van der Waals surface area contributed by atoms with Crippen molar-refractivity contribution in [3.05, 3.63) is 46.6 Å². The van der Waals surface area contributed by atoms with Gasteiger partial charge in [-0.3, -0.25) is 9.59 Å². The van der Waals surface area contributed by atoms with Gasteiger partial charge in [0.1, 0.15) is 11.7 Å². The normalized spacial score (nSPS) is 16.2. The summed E-state index contributed by atoms with van der Waals surface area (Å²) >= 11 is 0. The first-order valence-corrected chi connectivity index (χ1v) is 10.4. The van der Waals surface area contributed by atoms with Gasteiger partial charge in [0.25, 0.3) is 6.43 Å². The maximum Gasteiger partial charge on any atom is 0.314 e. The third-order valence-corrected chi connectivity index (χ3v) is 5.16. The van der Waals surface area contributed by atoms with Gasteiger partial charge in [0.15, 0.2) is 0 Å². The fraction of sp³-hybridized carbons (Fsp3) is 0.583. The Labute approximate surface area is 174 Å². The van der Waals surface area contributed by atoms with Crippen molar-refractivity contribution >= 4 is 11.8 Å². The van der Waals surface area contributed by atoms with E-state index in [9.17, 15) is 23.5 Å². The molecule has 164 valence electrons. The number of aliphatic carboxylic acids is 1. The van der Waals surface area contributed by atoms with E-state index in [2.05, 4.69) is 0 Å². The highest BCUT2D eigenvalue weighted by Crippen LogP contribution is 2.29. The van der Waals surface area contributed by atoms with Gasteiger partial charge in [-0.25, -0.2) is 8.78 Å². The molecule has 0 aromatic rings. The molecule has 0 aliphatic rings. The van der Waals surface area contributed by atoms with E-state index in [1.165, 1.54) is 13.0 Å². The van der Waals surface area contributed by atoms with Crippen LogP contribution in [0, 0.1) is 11.8 Å². The van der Waals surface area contributed by atoms with Crippen molar-refractivity contribution in [2.45, 2.75) is 80.1 Å². The first-order chi connectivity index (χ1) is 13.6. The standard InChI is InChI=1S/C24H36F2O3/c1-7-10-11-12-19(14-13-18(6)23(25)26)20(16(4)8-2)15-21(24(28)29)22(27)17(5)9-3/h11-14,17,21,23H,7-10,15H2,1-6H3,(H,28,29)/b12-11+,18-13+,19-14+,20-16-. The number of alkyl halides is 2. The number of allylic oxidation sites excluding steroid dienone is 8. The number of unbranched alkanes of at least 4 members (excludes halogenated alkanes) is 1. The number of carboxylic acid groups (broad SMARTS) is 1. The molecule has 0 radical (unpaired) electrons. The van der Waals surface area contributed by atoms with Crippen LogP contribution >= 0.6 is 0 Å². The molecule has 2 unspecified atom stereocenters. The summed E-state index contributed by atoms with van der Waals surface area (Å²) in [4.78, 5) is 24.5. The molecule has 0 aliphatic heterocycles. The fourth-order valence-electron chi connectivity index (χ4n) is 2.74. The second kappa shape index (κ2) is 14.0. The fourth-order valence-corrected chi connectivity index (χ4v) is 2.74. The van der Waals surface area contributed by atoms with E-state index < -0.39 is 18.3 Å². The smallest absolute Gasteiger partial charge is 0.314 e. The highest BCUT2D eigenvalue weighted by atomic mass is 19.3. The van der Waals surface area contributed by atoms with Crippen LogP contribution in [0.2, 0.25) is 0 Å². The highest BCUT2D eigenvalue weighted by molar-refractivity contribution is 5.99. The molecule has 0 saturated carbocycles. The molecule has 0 bridgehead atoms. The number of Topliss-reactive ketones (excluding diaryl/α,β-unsaturated/α-hetero) is 1. The second-order valence-corrected chi connectivity index (χ2v) is 7.44. The van der Waals surface area contributed by atoms with Gasteiger partial charge in [-0.2, -0.15) is 0 Å². The summed E-state index contributed by atoms with van der Waals surface area (Å²) < 4.78 is 25.8. The van der Waals surface area contributed by atoms with Crippen molar-refractivity contribution in [3.8, 4) is 0 Å². The summed E-state index contributed by atoms with van der Waals surface area (Å²) in [5.74, 6) is -2.93. The molecule has 2 atom stereocenters. The average molecular weight is 411 g/mol. The molecule has 0 amide bonds. The Kier molecular flexibility index (Phi) is 13.0. The molecule has 3 nitrogen and oxygen atoms in total.